The Morgan fingerprint density at radius 3 is 2.64 bits per heavy atom. The predicted octanol–water partition coefficient (Wildman–Crippen LogP) is -1.12. The normalized spacial score (nSPS) is 45.8. The van der Waals surface area contributed by atoms with E-state index in [0.717, 1.165) is 0 Å². The maximum atomic E-state index is 9.22. The third-order valence-corrected chi connectivity index (χ3v) is 1.94. The molecule has 0 bridgehead atoms. The van der Waals surface area contributed by atoms with Gasteiger partial charge in [-0.05, 0) is 6.92 Å². The van der Waals surface area contributed by atoms with Crippen molar-refractivity contribution >= 4 is 0 Å². The van der Waals surface area contributed by atoms with Gasteiger partial charge in [-0.1, -0.05) is 0 Å². The molecule has 0 amide bonds. The second kappa shape index (κ2) is 3.49. The van der Waals surface area contributed by atoms with Crippen molar-refractivity contribution in [3.05, 3.63) is 0 Å². The molecule has 0 spiro atoms. The molecule has 0 aromatic rings. The Labute approximate surface area is 65.4 Å². The monoisotopic (exact) mass is 162 g/mol. The third-order valence-electron chi connectivity index (χ3n) is 1.94. The highest BCUT2D eigenvalue weighted by molar-refractivity contribution is 4.83. The van der Waals surface area contributed by atoms with Gasteiger partial charge in [0.05, 0.1) is 18.8 Å². The summed E-state index contributed by atoms with van der Waals surface area (Å²) < 4.78 is 5.16. The van der Waals surface area contributed by atoms with E-state index in [9.17, 15) is 10.2 Å². The first-order chi connectivity index (χ1) is 5.15. The number of hydrogen-bond acceptors (Lipinski definition) is 4. The standard InChI is InChI=1S/C7H14O4/c1-4-2-5(9)7(10)6(3-8)11-4/h4-10H,2-3H2,1H3/t4?,5-,6-,7?/m1/s1. The van der Waals surface area contributed by atoms with E-state index in [-0.39, 0.29) is 12.7 Å². The lowest BCUT2D eigenvalue weighted by molar-refractivity contribution is -0.174. The van der Waals surface area contributed by atoms with Crippen LogP contribution >= 0.6 is 0 Å². The summed E-state index contributed by atoms with van der Waals surface area (Å²) in [6.45, 7) is 1.56. The van der Waals surface area contributed by atoms with Crippen molar-refractivity contribution < 1.29 is 20.1 Å². The van der Waals surface area contributed by atoms with Crippen LogP contribution in [0.25, 0.3) is 0 Å². The largest absolute Gasteiger partial charge is 0.394 e. The molecule has 1 fully saturated rings. The molecule has 1 aliphatic rings. The second-order valence-electron chi connectivity index (χ2n) is 2.96. The molecular weight excluding hydrogens is 148 g/mol. The van der Waals surface area contributed by atoms with E-state index < -0.39 is 18.3 Å². The minimum absolute atomic E-state index is 0.0921. The van der Waals surface area contributed by atoms with E-state index in [1.54, 1.807) is 6.92 Å². The van der Waals surface area contributed by atoms with Gasteiger partial charge in [0.15, 0.2) is 0 Å². The maximum Gasteiger partial charge on any atom is 0.109 e. The molecule has 1 saturated heterocycles. The summed E-state index contributed by atoms with van der Waals surface area (Å²) in [5, 5.41) is 27.1. The highest BCUT2D eigenvalue weighted by atomic mass is 16.5. The summed E-state index contributed by atoms with van der Waals surface area (Å²) in [5.41, 5.74) is 0. The fraction of sp³-hybridized carbons (Fsp3) is 1.00. The van der Waals surface area contributed by atoms with Crippen molar-refractivity contribution in [1.82, 2.24) is 0 Å². The van der Waals surface area contributed by atoms with Gasteiger partial charge >= 0.3 is 0 Å². The first-order valence-electron chi connectivity index (χ1n) is 3.77. The van der Waals surface area contributed by atoms with Gasteiger partial charge in [-0.2, -0.15) is 0 Å². The Kier molecular flexibility index (Phi) is 2.84. The second-order valence-corrected chi connectivity index (χ2v) is 2.96. The van der Waals surface area contributed by atoms with E-state index in [2.05, 4.69) is 0 Å². The quantitative estimate of drug-likeness (QED) is 0.456. The molecule has 2 unspecified atom stereocenters. The van der Waals surface area contributed by atoms with Gasteiger partial charge < -0.3 is 20.1 Å². The fourth-order valence-corrected chi connectivity index (χ4v) is 1.31. The van der Waals surface area contributed by atoms with Gasteiger partial charge in [-0.25, -0.2) is 0 Å². The summed E-state index contributed by atoms with van der Waals surface area (Å²) in [6, 6.07) is 0. The number of ether oxygens (including phenoxy) is 1. The average Bonchev–Trinajstić information content (AvgIpc) is 1.96. The molecule has 11 heavy (non-hydrogen) atoms. The van der Waals surface area contributed by atoms with Crippen LogP contribution in [0.5, 0.6) is 0 Å². The van der Waals surface area contributed by atoms with Crippen LogP contribution in [0.3, 0.4) is 0 Å². The first-order valence-corrected chi connectivity index (χ1v) is 3.77. The third kappa shape index (κ3) is 1.90. The van der Waals surface area contributed by atoms with E-state index in [1.165, 1.54) is 0 Å². The zero-order valence-corrected chi connectivity index (χ0v) is 6.47. The van der Waals surface area contributed by atoms with Crippen molar-refractivity contribution in [1.29, 1.82) is 0 Å². The van der Waals surface area contributed by atoms with Crippen molar-refractivity contribution in [2.75, 3.05) is 6.61 Å². The van der Waals surface area contributed by atoms with Crippen LogP contribution < -0.4 is 0 Å². The van der Waals surface area contributed by atoms with Crippen LogP contribution in [0.4, 0.5) is 0 Å². The molecule has 0 aliphatic carbocycles. The lowest BCUT2D eigenvalue weighted by Gasteiger charge is -2.34. The van der Waals surface area contributed by atoms with E-state index in [1.807, 2.05) is 0 Å². The molecule has 66 valence electrons. The molecule has 0 aromatic heterocycles. The summed E-state index contributed by atoms with van der Waals surface area (Å²) in [5.74, 6) is 0. The Balaban J connectivity index is 2.51. The minimum Gasteiger partial charge on any atom is -0.394 e. The lowest BCUT2D eigenvalue weighted by Crippen LogP contribution is -2.49. The van der Waals surface area contributed by atoms with E-state index >= 15 is 0 Å². The number of aliphatic hydroxyl groups is 3. The molecule has 0 aromatic carbocycles. The molecule has 0 saturated carbocycles. The summed E-state index contributed by atoms with van der Waals surface area (Å²) in [4.78, 5) is 0. The SMILES string of the molecule is CC1C[C@@H](O)C(O)[C@@H](CO)O1. The van der Waals surface area contributed by atoms with Crippen LogP contribution in [0.15, 0.2) is 0 Å². The molecular formula is C7H14O4. The van der Waals surface area contributed by atoms with Crippen molar-refractivity contribution in [3.8, 4) is 0 Å². The predicted molar refractivity (Wildman–Crippen MR) is 38.1 cm³/mol. The number of hydrogen-bond donors (Lipinski definition) is 3. The first kappa shape index (κ1) is 8.93. The highest BCUT2D eigenvalue weighted by Crippen LogP contribution is 2.19. The van der Waals surface area contributed by atoms with Crippen molar-refractivity contribution in [3.63, 3.8) is 0 Å². The highest BCUT2D eigenvalue weighted by Gasteiger charge is 2.34. The Hall–Kier alpha value is -0.160. The Morgan fingerprint density at radius 2 is 2.09 bits per heavy atom. The number of aliphatic hydroxyl groups excluding tert-OH is 3. The molecule has 1 rings (SSSR count). The van der Waals surface area contributed by atoms with Gasteiger partial charge in [0.2, 0.25) is 0 Å². The fourth-order valence-electron chi connectivity index (χ4n) is 1.31. The van der Waals surface area contributed by atoms with Crippen LogP contribution in [0, 0.1) is 0 Å². The van der Waals surface area contributed by atoms with Crippen molar-refractivity contribution in [2.45, 2.75) is 37.8 Å². The smallest absolute Gasteiger partial charge is 0.109 e. The molecule has 4 heteroatoms. The lowest BCUT2D eigenvalue weighted by atomic mass is 9.99. The average molecular weight is 162 g/mol. The molecule has 4 nitrogen and oxygen atoms in total. The summed E-state index contributed by atoms with van der Waals surface area (Å²) >= 11 is 0. The van der Waals surface area contributed by atoms with E-state index in [4.69, 9.17) is 9.84 Å². The van der Waals surface area contributed by atoms with Gasteiger partial charge in [0, 0.05) is 6.42 Å². The molecule has 4 atom stereocenters. The zero-order chi connectivity index (χ0) is 8.43. The topological polar surface area (TPSA) is 69.9 Å². The van der Waals surface area contributed by atoms with Gasteiger partial charge in [-0.15, -0.1) is 0 Å². The molecule has 3 N–H and O–H groups in total. The van der Waals surface area contributed by atoms with Gasteiger partial charge in [-0.3, -0.25) is 0 Å². The molecule has 0 radical (unpaired) electrons. The minimum atomic E-state index is -0.948. The summed E-state index contributed by atoms with van der Waals surface area (Å²) in [7, 11) is 0. The van der Waals surface area contributed by atoms with Crippen LogP contribution in [-0.2, 0) is 4.74 Å². The maximum absolute atomic E-state index is 9.22. The van der Waals surface area contributed by atoms with Crippen LogP contribution in [-0.4, -0.2) is 46.3 Å². The van der Waals surface area contributed by atoms with Crippen LogP contribution in [0.2, 0.25) is 0 Å². The van der Waals surface area contributed by atoms with Crippen molar-refractivity contribution in [2.24, 2.45) is 0 Å². The zero-order valence-electron chi connectivity index (χ0n) is 6.47. The number of rotatable bonds is 1. The van der Waals surface area contributed by atoms with Crippen LogP contribution in [0.1, 0.15) is 13.3 Å². The van der Waals surface area contributed by atoms with E-state index in [0.29, 0.717) is 6.42 Å². The Bertz CT molecular complexity index is 128. The molecule has 1 heterocycles. The summed E-state index contributed by atoms with van der Waals surface area (Å²) in [6.07, 6.45) is -2.01. The van der Waals surface area contributed by atoms with Gasteiger partial charge in [0.1, 0.15) is 12.2 Å². The Morgan fingerprint density at radius 1 is 1.45 bits per heavy atom. The van der Waals surface area contributed by atoms with Gasteiger partial charge in [0.25, 0.3) is 0 Å². The molecule has 1 aliphatic heterocycles.